The predicted molar refractivity (Wildman–Crippen MR) is 66.1 cm³/mol. The van der Waals surface area contributed by atoms with E-state index in [1.54, 1.807) is 19.3 Å². The molecule has 1 fully saturated rings. The third kappa shape index (κ3) is 3.16. The van der Waals surface area contributed by atoms with Crippen molar-refractivity contribution in [2.75, 3.05) is 26.8 Å². The predicted octanol–water partition coefficient (Wildman–Crippen LogP) is 0.0768. The highest BCUT2D eigenvalue weighted by molar-refractivity contribution is 6.28. The molecule has 0 aromatic carbocycles. The van der Waals surface area contributed by atoms with Gasteiger partial charge in [-0.1, -0.05) is 0 Å². The minimum absolute atomic E-state index is 0.0464. The highest BCUT2D eigenvalue weighted by Crippen LogP contribution is 2.12. The van der Waals surface area contributed by atoms with E-state index >= 15 is 0 Å². The number of halogens is 1. The molecule has 0 saturated carbocycles. The second-order valence-electron chi connectivity index (χ2n) is 3.99. The Morgan fingerprint density at radius 3 is 3.28 bits per heavy atom. The van der Waals surface area contributed by atoms with Gasteiger partial charge in [-0.05, 0) is 17.7 Å². The van der Waals surface area contributed by atoms with Gasteiger partial charge in [0.05, 0.1) is 18.9 Å². The molecule has 2 heterocycles. The van der Waals surface area contributed by atoms with E-state index in [1.165, 1.54) is 0 Å². The number of hydrogen-bond donors (Lipinski definition) is 1. The number of amides is 1. The minimum Gasteiger partial charge on any atom is -0.378 e. The van der Waals surface area contributed by atoms with Gasteiger partial charge in [-0.25, -0.2) is 9.97 Å². The molecule has 1 atom stereocenters. The summed E-state index contributed by atoms with van der Waals surface area (Å²) in [6.45, 7) is 2.27. The summed E-state index contributed by atoms with van der Waals surface area (Å²) in [6.07, 6.45) is 1.61. The van der Waals surface area contributed by atoms with Gasteiger partial charge < -0.3 is 10.1 Å². The molecule has 0 aliphatic carbocycles. The summed E-state index contributed by atoms with van der Waals surface area (Å²) in [5.41, 5.74) is 0.797. The number of hydrogen-bond acceptors (Lipinski definition) is 5. The lowest BCUT2D eigenvalue weighted by atomic mass is 10.2. The lowest BCUT2D eigenvalue weighted by molar-refractivity contribution is -0.132. The number of nitrogens with zero attached hydrogens (tertiary/aromatic N) is 3. The van der Waals surface area contributed by atoms with Crippen LogP contribution in [0, 0.1) is 0 Å². The largest absolute Gasteiger partial charge is 0.378 e. The van der Waals surface area contributed by atoms with Gasteiger partial charge in [-0.15, -0.1) is 0 Å². The van der Waals surface area contributed by atoms with Crippen LogP contribution in [-0.4, -0.2) is 53.6 Å². The standard InChI is InChI=1S/C11H15ClN4O2/c1-13-10(17)9-7-18-5-4-16(9)6-8-2-3-14-11(12)15-8/h2-3,9H,4-7H2,1H3,(H,13,17). The van der Waals surface area contributed by atoms with Crippen molar-refractivity contribution in [2.45, 2.75) is 12.6 Å². The molecule has 1 unspecified atom stereocenters. The zero-order valence-corrected chi connectivity index (χ0v) is 10.9. The van der Waals surface area contributed by atoms with Crippen LogP contribution in [0.4, 0.5) is 0 Å². The molecule has 7 heteroatoms. The van der Waals surface area contributed by atoms with E-state index in [0.717, 1.165) is 5.69 Å². The molecule has 18 heavy (non-hydrogen) atoms. The highest BCUT2D eigenvalue weighted by atomic mass is 35.5. The van der Waals surface area contributed by atoms with E-state index in [1.807, 2.05) is 4.90 Å². The summed E-state index contributed by atoms with van der Waals surface area (Å²) < 4.78 is 5.34. The second-order valence-corrected chi connectivity index (χ2v) is 4.33. The average Bonchev–Trinajstić information content (AvgIpc) is 2.38. The normalized spacial score (nSPS) is 20.7. The Morgan fingerprint density at radius 2 is 2.56 bits per heavy atom. The Morgan fingerprint density at radius 1 is 1.72 bits per heavy atom. The van der Waals surface area contributed by atoms with Gasteiger partial charge >= 0.3 is 0 Å². The topological polar surface area (TPSA) is 67.3 Å². The third-order valence-corrected chi connectivity index (χ3v) is 3.02. The molecule has 1 aliphatic heterocycles. The Labute approximate surface area is 110 Å². The first-order chi connectivity index (χ1) is 8.70. The lowest BCUT2D eigenvalue weighted by Crippen LogP contribution is -2.52. The van der Waals surface area contributed by atoms with Crippen LogP contribution in [0.15, 0.2) is 12.3 Å². The summed E-state index contributed by atoms with van der Waals surface area (Å²) in [7, 11) is 1.62. The van der Waals surface area contributed by atoms with E-state index in [0.29, 0.717) is 26.3 Å². The molecular formula is C11H15ClN4O2. The summed E-state index contributed by atoms with van der Waals surface area (Å²) in [5.74, 6) is -0.0464. The van der Waals surface area contributed by atoms with Crippen molar-refractivity contribution < 1.29 is 9.53 Å². The van der Waals surface area contributed by atoms with Crippen LogP contribution >= 0.6 is 11.6 Å². The zero-order valence-electron chi connectivity index (χ0n) is 10.1. The number of rotatable bonds is 3. The van der Waals surface area contributed by atoms with Crippen LogP contribution in [0.25, 0.3) is 0 Å². The number of carbonyl (C=O) groups excluding carboxylic acids is 1. The first-order valence-electron chi connectivity index (χ1n) is 5.71. The number of carbonyl (C=O) groups is 1. The number of nitrogens with one attached hydrogen (secondary N) is 1. The van der Waals surface area contributed by atoms with Crippen molar-refractivity contribution in [1.82, 2.24) is 20.2 Å². The smallest absolute Gasteiger partial charge is 0.239 e. The molecule has 1 N–H and O–H groups in total. The van der Waals surface area contributed by atoms with Gasteiger partial charge in [0.25, 0.3) is 0 Å². The van der Waals surface area contributed by atoms with Gasteiger partial charge in [-0.3, -0.25) is 9.69 Å². The maximum Gasteiger partial charge on any atom is 0.239 e. The number of ether oxygens (including phenoxy) is 1. The summed E-state index contributed by atoms with van der Waals surface area (Å²) in [6, 6.07) is 1.51. The average molecular weight is 271 g/mol. The number of aromatic nitrogens is 2. The van der Waals surface area contributed by atoms with Crippen LogP contribution in [-0.2, 0) is 16.1 Å². The van der Waals surface area contributed by atoms with Crippen LogP contribution in [0.2, 0.25) is 5.28 Å². The molecule has 0 radical (unpaired) electrons. The fraction of sp³-hybridized carbons (Fsp3) is 0.545. The van der Waals surface area contributed by atoms with Crippen molar-refractivity contribution in [3.8, 4) is 0 Å². The van der Waals surface area contributed by atoms with Crippen LogP contribution < -0.4 is 5.32 Å². The van der Waals surface area contributed by atoms with Crippen molar-refractivity contribution >= 4 is 17.5 Å². The molecule has 0 spiro atoms. The second kappa shape index (κ2) is 6.08. The van der Waals surface area contributed by atoms with Crippen molar-refractivity contribution in [3.05, 3.63) is 23.2 Å². The maximum absolute atomic E-state index is 11.7. The number of morpholine rings is 1. The molecule has 1 aromatic heterocycles. The van der Waals surface area contributed by atoms with E-state index in [2.05, 4.69) is 15.3 Å². The van der Waals surface area contributed by atoms with E-state index < -0.39 is 0 Å². The fourth-order valence-corrected chi connectivity index (χ4v) is 2.07. The van der Waals surface area contributed by atoms with Crippen molar-refractivity contribution in [2.24, 2.45) is 0 Å². The van der Waals surface area contributed by atoms with Crippen LogP contribution in [0.3, 0.4) is 0 Å². The van der Waals surface area contributed by atoms with Gasteiger partial charge in [0.1, 0.15) is 6.04 Å². The Kier molecular flexibility index (Phi) is 4.46. The van der Waals surface area contributed by atoms with Gasteiger partial charge in [0, 0.05) is 26.3 Å². The fourth-order valence-electron chi connectivity index (χ4n) is 1.90. The zero-order chi connectivity index (χ0) is 13.0. The van der Waals surface area contributed by atoms with Gasteiger partial charge in [-0.2, -0.15) is 0 Å². The molecule has 98 valence electrons. The molecule has 1 saturated heterocycles. The summed E-state index contributed by atoms with van der Waals surface area (Å²) in [4.78, 5) is 21.7. The highest BCUT2D eigenvalue weighted by Gasteiger charge is 2.28. The minimum atomic E-state index is -0.280. The van der Waals surface area contributed by atoms with Gasteiger partial charge in [0.2, 0.25) is 11.2 Å². The molecular weight excluding hydrogens is 256 g/mol. The first kappa shape index (κ1) is 13.2. The molecule has 1 amide bonds. The molecule has 0 bridgehead atoms. The quantitative estimate of drug-likeness (QED) is 0.788. The Bertz CT molecular complexity index is 429. The van der Waals surface area contributed by atoms with Crippen molar-refractivity contribution in [1.29, 1.82) is 0 Å². The molecule has 1 aromatic rings. The lowest BCUT2D eigenvalue weighted by Gasteiger charge is -2.33. The Balaban J connectivity index is 2.07. The Hall–Kier alpha value is -1.24. The summed E-state index contributed by atoms with van der Waals surface area (Å²) >= 11 is 5.74. The number of likely N-dealkylation sites (N-methyl/N-ethyl adjacent to an activating group) is 1. The van der Waals surface area contributed by atoms with E-state index in [9.17, 15) is 4.79 Å². The molecule has 1 aliphatic rings. The molecule has 2 rings (SSSR count). The monoisotopic (exact) mass is 270 g/mol. The summed E-state index contributed by atoms with van der Waals surface area (Å²) in [5, 5.41) is 2.86. The van der Waals surface area contributed by atoms with E-state index in [-0.39, 0.29) is 17.2 Å². The van der Waals surface area contributed by atoms with Crippen LogP contribution in [0.5, 0.6) is 0 Å². The SMILES string of the molecule is CNC(=O)C1COCCN1Cc1ccnc(Cl)n1. The van der Waals surface area contributed by atoms with Crippen molar-refractivity contribution in [3.63, 3.8) is 0 Å². The van der Waals surface area contributed by atoms with Crippen LogP contribution in [0.1, 0.15) is 5.69 Å². The third-order valence-electron chi connectivity index (χ3n) is 2.84. The van der Waals surface area contributed by atoms with Gasteiger partial charge in [0.15, 0.2) is 0 Å². The molecule has 6 nitrogen and oxygen atoms in total. The maximum atomic E-state index is 11.7. The van der Waals surface area contributed by atoms with E-state index in [4.69, 9.17) is 16.3 Å². The first-order valence-corrected chi connectivity index (χ1v) is 6.09.